The van der Waals surface area contributed by atoms with Crippen molar-refractivity contribution in [2.75, 3.05) is 24.6 Å². The van der Waals surface area contributed by atoms with Crippen molar-refractivity contribution in [2.24, 2.45) is 5.41 Å². The minimum Gasteiger partial charge on any atom is -0.394 e. The topological polar surface area (TPSA) is 52.6 Å². The number of benzene rings is 1. The van der Waals surface area contributed by atoms with Crippen LogP contribution in [0.4, 0.5) is 5.69 Å². The van der Waals surface area contributed by atoms with E-state index in [1.54, 1.807) is 4.90 Å². The van der Waals surface area contributed by atoms with Gasteiger partial charge in [0.15, 0.2) is 0 Å². The Balaban J connectivity index is 2.33. The van der Waals surface area contributed by atoms with Gasteiger partial charge in [0.05, 0.1) is 6.61 Å². The highest BCUT2D eigenvalue weighted by molar-refractivity contribution is 9.10. The number of rotatable bonds is 2. The molecule has 4 nitrogen and oxygen atoms in total. The first-order valence-electron chi connectivity index (χ1n) is 6.34. The van der Waals surface area contributed by atoms with Crippen LogP contribution < -0.4 is 10.2 Å². The summed E-state index contributed by atoms with van der Waals surface area (Å²) in [6.45, 7) is 5.38. The lowest BCUT2D eigenvalue weighted by Crippen LogP contribution is -2.45. The van der Waals surface area contributed by atoms with Crippen LogP contribution in [0.1, 0.15) is 13.8 Å². The number of carbonyl (C=O) groups is 1. The molecule has 2 N–H and O–H groups in total. The number of nitrogens with zero attached hydrogens (tertiary/aromatic N) is 1. The first-order chi connectivity index (χ1) is 8.93. The summed E-state index contributed by atoms with van der Waals surface area (Å²) in [5, 5.41) is 12.5. The van der Waals surface area contributed by atoms with E-state index in [2.05, 4.69) is 35.1 Å². The van der Waals surface area contributed by atoms with Crippen molar-refractivity contribution in [2.45, 2.75) is 19.9 Å². The molecule has 104 valence electrons. The Bertz CT molecular complexity index is 459. The van der Waals surface area contributed by atoms with Crippen LogP contribution in [0.2, 0.25) is 0 Å². The summed E-state index contributed by atoms with van der Waals surface area (Å²) in [4.78, 5) is 14.2. The molecule has 5 heteroatoms. The van der Waals surface area contributed by atoms with Gasteiger partial charge in [0.2, 0.25) is 5.91 Å². The summed E-state index contributed by atoms with van der Waals surface area (Å²) in [6.07, 6.45) is 0. The largest absolute Gasteiger partial charge is 0.394 e. The molecule has 0 aromatic heterocycles. The third kappa shape index (κ3) is 3.35. The zero-order chi connectivity index (χ0) is 14.0. The second-order valence-corrected chi connectivity index (χ2v) is 6.60. The molecule has 1 saturated heterocycles. The molecule has 1 aliphatic heterocycles. The van der Waals surface area contributed by atoms with Crippen LogP contribution in [-0.4, -0.2) is 36.8 Å². The van der Waals surface area contributed by atoms with E-state index < -0.39 is 6.04 Å². The molecular weight excluding hydrogens is 308 g/mol. The molecule has 1 aromatic carbocycles. The predicted octanol–water partition coefficient (Wildman–Crippen LogP) is 1.77. The van der Waals surface area contributed by atoms with Crippen LogP contribution in [0.25, 0.3) is 0 Å². The van der Waals surface area contributed by atoms with Crippen LogP contribution in [0.15, 0.2) is 28.7 Å². The monoisotopic (exact) mass is 326 g/mol. The van der Waals surface area contributed by atoms with E-state index in [0.717, 1.165) is 10.2 Å². The Hall–Kier alpha value is -0.910. The highest BCUT2D eigenvalue weighted by Gasteiger charge is 2.34. The molecule has 0 bridgehead atoms. The van der Waals surface area contributed by atoms with Crippen molar-refractivity contribution in [3.05, 3.63) is 28.7 Å². The number of halogens is 1. The summed E-state index contributed by atoms with van der Waals surface area (Å²) in [5.41, 5.74) is 0.829. The van der Waals surface area contributed by atoms with Gasteiger partial charge in [0.25, 0.3) is 0 Å². The third-order valence-corrected chi connectivity index (χ3v) is 3.83. The van der Waals surface area contributed by atoms with E-state index in [1.165, 1.54) is 0 Å². The van der Waals surface area contributed by atoms with Crippen LogP contribution in [-0.2, 0) is 4.79 Å². The smallest absolute Gasteiger partial charge is 0.246 e. The lowest BCUT2D eigenvalue weighted by molar-refractivity contribution is -0.121. The molecule has 1 aromatic rings. The van der Waals surface area contributed by atoms with Crippen LogP contribution in [0, 0.1) is 5.41 Å². The summed E-state index contributed by atoms with van der Waals surface area (Å²) < 4.78 is 0.981. The van der Waals surface area contributed by atoms with Gasteiger partial charge in [0, 0.05) is 23.2 Å². The first-order valence-corrected chi connectivity index (χ1v) is 7.13. The van der Waals surface area contributed by atoms with Crippen molar-refractivity contribution in [1.82, 2.24) is 5.32 Å². The molecule has 0 saturated carbocycles. The molecule has 0 aliphatic carbocycles. The van der Waals surface area contributed by atoms with Gasteiger partial charge in [-0.25, -0.2) is 0 Å². The van der Waals surface area contributed by atoms with Crippen molar-refractivity contribution >= 4 is 27.5 Å². The van der Waals surface area contributed by atoms with Crippen molar-refractivity contribution in [1.29, 1.82) is 0 Å². The number of nitrogens with one attached hydrogen (secondary N) is 1. The highest BCUT2D eigenvalue weighted by atomic mass is 79.9. The molecule has 1 amide bonds. The molecule has 0 radical (unpaired) electrons. The number of anilines is 1. The van der Waals surface area contributed by atoms with Gasteiger partial charge >= 0.3 is 0 Å². The van der Waals surface area contributed by atoms with Crippen LogP contribution in [0.3, 0.4) is 0 Å². The fourth-order valence-corrected chi connectivity index (χ4v) is 2.48. The maximum atomic E-state index is 12.4. The number of aliphatic hydroxyl groups is 1. The van der Waals surface area contributed by atoms with Gasteiger partial charge < -0.3 is 15.3 Å². The van der Waals surface area contributed by atoms with E-state index in [1.807, 2.05) is 24.3 Å². The Morgan fingerprint density at radius 2 is 2.05 bits per heavy atom. The Kier molecular flexibility index (Phi) is 4.28. The second kappa shape index (κ2) is 5.61. The van der Waals surface area contributed by atoms with Crippen molar-refractivity contribution in [3.8, 4) is 0 Å². The zero-order valence-corrected chi connectivity index (χ0v) is 12.8. The summed E-state index contributed by atoms with van der Waals surface area (Å²) in [5.74, 6) is -0.0737. The molecule has 1 heterocycles. The number of hydrogen-bond acceptors (Lipinski definition) is 3. The maximum absolute atomic E-state index is 12.4. The molecule has 2 rings (SSSR count). The van der Waals surface area contributed by atoms with Gasteiger partial charge in [-0.05, 0) is 29.7 Å². The van der Waals surface area contributed by atoms with Crippen molar-refractivity contribution < 1.29 is 9.90 Å². The number of hydrogen-bond donors (Lipinski definition) is 2. The van der Waals surface area contributed by atoms with E-state index in [0.29, 0.717) is 13.1 Å². The Morgan fingerprint density at radius 3 is 2.63 bits per heavy atom. The average molecular weight is 327 g/mol. The zero-order valence-electron chi connectivity index (χ0n) is 11.2. The van der Waals surface area contributed by atoms with Gasteiger partial charge in [-0.3, -0.25) is 4.79 Å². The maximum Gasteiger partial charge on any atom is 0.246 e. The minimum absolute atomic E-state index is 0.0351. The molecule has 0 spiro atoms. The van der Waals surface area contributed by atoms with Gasteiger partial charge in [-0.1, -0.05) is 29.8 Å². The second-order valence-electron chi connectivity index (χ2n) is 5.68. The van der Waals surface area contributed by atoms with E-state index in [9.17, 15) is 9.90 Å². The summed E-state index contributed by atoms with van der Waals surface area (Å²) in [6, 6.07) is 7.14. The minimum atomic E-state index is -0.523. The molecule has 1 unspecified atom stereocenters. The van der Waals surface area contributed by atoms with Gasteiger partial charge in [-0.15, -0.1) is 0 Å². The SMILES string of the molecule is CC1(C)CNC(CO)C(=O)N(c2ccc(Br)cc2)C1. The molecule has 1 aliphatic rings. The van der Waals surface area contributed by atoms with Gasteiger partial charge in [-0.2, -0.15) is 0 Å². The molecular formula is C14H19BrN2O2. The first kappa shape index (κ1) is 14.5. The summed E-state index contributed by atoms with van der Waals surface area (Å²) >= 11 is 3.39. The number of amides is 1. The predicted molar refractivity (Wildman–Crippen MR) is 79.2 cm³/mol. The van der Waals surface area contributed by atoms with Crippen LogP contribution >= 0.6 is 15.9 Å². The van der Waals surface area contributed by atoms with Gasteiger partial charge in [0.1, 0.15) is 6.04 Å². The molecule has 19 heavy (non-hydrogen) atoms. The lowest BCUT2D eigenvalue weighted by Gasteiger charge is -2.29. The quantitative estimate of drug-likeness (QED) is 0.871. The molecule has 1 atom stereocenters. The fraction of sp³-hybridized carbons (Fsp3) is 0.500. The van der Waals surface area contributed by atoms with E-state index in [4.69, 9.17) is 0 Å². The lowest BCUT2D eigenvalue weighted by atomic mass is 9.93. The Labute approximate surface area is 121 Å². The Morgan fingerprint density at radius 1 is 1.42 bits per heavy atom. The standard InChI is InChI=1S/C14H19BrN2O2/c1-14(2)8-16-12(7-18)13(19)17(9-14)11-5-3-10(15)4-6-11/h3-6,12,16,18H,7-9H2,1-2H3. The van der Waals surface area contributed by atoms with E-state index in [-0.39, 0.29) is 17.9 Å². The van der Waals surface area contributed by atoms with E-state index >= 15 is 0 Å². The average Bonchev–Trinajstić information content (AvgIpc) is 2.48. The summed E-state index contributed by atoms with van der Waals surface area (Å²) in [7, 11) is 0. The third-order valence-electron chi connectivity index (χ3n) is 3.30. The highest BCUT2D eigenvalue weighted by Crippen LogP contribution is 2.26. The molecule has 1 fully saturated rings. The number of aliphatic hydroxyl groups excluding tert-OH is 1. The fourth-order valence-electron chi connectivity index (χ4n) is 2.22. The normalized spacial score (nSPS) is 23.3. The number of carbonyl (C=O) groups excluding carboxylic acids is 1. The van der Waals surface area contributed by atoms with Crippen molar-refractivity contribution in [3.63, 3.8) is 0 Å². The van der Waals surface area contributed by atoms with Crippen LogP contribution in [0.5, 0.6) is 0 Å².